The van der Waals surface area contributed by atoms with E-state index in [4.69, 9.17) is 5.73 Å². The summed E-state index contributed by atoms with van der Waals surface area (Å²) in [5, 5.41) is 7.31. The molecule has 0 aliphatic heterocycles. The normalized spacial score (nSPS) is 11.2. The van der Waals surface area contributed by atoms with Crippen molar-refractivity contribution in [1.82, 2.24) is 19.9 Å². The molecule has 8 nitrogen and oxygen atoms in total. The molecule has 0 bridgehead atoms. The van der Waals surface area contributed by atoms with Crippen LogP contribution in [0.1, 0.15) is 10.5 Å². The van der Waals surface area contributed by atoms with Crippen molar-refractivity contribution in [1.29, 1.82) is 0 Å². The number of hydrogen-bond acceptors (Lipinski definition) is 6. The van der Waals surface area contributed by atoms with E-state index in [0.29, 0.717) is 16.9 Å². The minimum absolute atomic E-state index is 0.219. The molecule has 0 aliphatic carbocycles. The highest BCUT2D eigenvalue weighted by Crippen LogP contribution is 2.18. The molecule has 3 N–H and O–H groups in total. The van der Waals surface area contributed by atoms with Crippen LogP contribution in [0.2, 0.25) is 0 Å². The number of H-pyrrole nitrogens is 1. The van der Waals surface area contributed by atoms with Gasteiger partial charge in [0.25, 0.3) is 0 Å². The van der Waals surface area contributed by atoms with E-state index in [-0.39, 0.29) is 11.5 Å². The molecule has 0 fully saturated rings. The Morgan fingerprint density at radius 2 is 2.20 bits per heavy atom. The SMILES string of the molecule is Nc1[nH]cc2nc(N=NC(=O)c3ccccn3)cnc12. The zero-order valence-electron chi connectivity index (χ0n) is 10.2. The lowest BCUT2D eigenvalue weighted by Crippen LogP contribution is -1.96. The molecule has 0 atom stereocenters. The maximum absolute atomic E-state index is 11.7. The first-order chi connectivity index (χ1) is 9.74. The second-order valence-corrected chi connectivity index (χ2v) is 3.88. The fraction of sp³-hybridized carbons (Fsp3) is 0. The number of nitrogen functional groups attached to an aromatic ring is 1. The van der Waals surface area contributed by atoms with Gasteiger partial charge in [0, 0.05) is 12.4 Å². The summed E-state index contributed by atoms with van der Waals surface area (Å²) in [6.07, 6.45) is 4.51. The van der Waals surface area contributed by atoms with Crippen LogP contribution in [0.4, 0.5) is 11.6 Å². The van der Waals surface area contributed by atoms with Gasteiger partial charge in [-0.25, -0.2) is 9.97 Å². The second kappa shape index (κ2) is 4.84. The van der Waals surface area contributed by atoms with Gasteiger partial charge in [0.05, 0.1) is 6.20 Å². The first-order valence-corrected chi connectivity index (χ1v) is 5.71. The summed E-state index contributed by atoms with van der Waals surface area (Å²) in [5.41, 5.74) is 6.98. The van der Waals surface area contributed by atoms with Gasteiger partial charge in [-0.05, 0) is 12.1 Å². The van der Waals surface area contributed by atoms with Gasteiger partial charge in [0.15, 0.2) is 5.82 Å². The summed E-state index contributed by atoms with van der Waals surface area (Å²) >= 11 is 0. The van der Waals surface area contributed by atoms with Crippen molar-refractivity contribution in [2.24, 2.45) is 10.2 Å². The fourth-order valence-corrected chi connectivity index (χ4v) is 1.60. The van der Waals surface area contributed by atoms with Crippen LogP contribution >= 0.6 is 0 Å². The number of aromatic amines is 1. The Hall–Kier alpha value is -3.16. The third-order valence-electron chi connectivity index (χ3n) is 2.53. The summed E-state index contributed by atoms with van der Waals surface area (Å²) in [6, 6.07) is 4.97. The van der Waals surface area contributed by atoms with Gasteiger partial charge in [-0.1, -0.05) is 6.07 Å². The molecular weight excluding hydrogens is 258 g/mol. The van der Waals surface area contributed by atoms with Crippen molar-refractivity contribution < 1.29 is 4.79 Å². The van der Waals surface area contributed by atoms with Crippen molar-refractivity contribution in [2.75, 3.05) is 5.73 Å². The smallest absolute Gasteiger partial charge is 0.313 e. The average molecular weight is 267 g/mol. The van der Waals surface area contributed by atoms with E-state index >= 15 is 0 Å². The molecule has 0 saturated heterocycles. The van der Waals surface area contributed by atoms with Gasteiger partial charge >= 0.3 is 5.91 Å². The Balaban J connectivity index is 1.85. The van der Waals surface area contributed by atoms with Crippen molar-refractivity contribution in [3.63, 3.8) is 0 Å². The summed E-state index contributed by atoms with van der Waals surface area (Å²) in [7, 11) is 0. The van der Waals surface area contributed by atoms with Crippen LogP contribution in [0.3, 0.4) is 0 Å². The van der Waals surface area contributed by atoms with Gasteiger partial charge in [-0.3, -0.25) is 9.78 Å². The molecule has 0 spiro atoms. The molecule has 0 aliphatic rings. The van der Waals surface area contributed by atoms with Crippen LogP contribution in [0.5, 0.6) is 0 Å². The number of pyridine rings is 1. The zero-order valence-corrected chi connectivity index (χ0v) is 10.2. The average Bonchev–Trinajstić information content (AvgIpc) is 2.87. The maximum atomic E-state index is 11.7. The predicted molar refractivity (Wildman–Crippen MR) is 71.4 cm³/mol. The number of aromatic nitrogens is 4. The number of fused-ring (bicyclic) bond motifs is 1. The first-order valence-electron chi connectivity index (χ1n) is 5.71. The van der Waals surface area contributed by atoms with E-state index in [1.54, 1.807) is 24.4 Å². The van der Waals surface area contributed by atoms with Crippen molar-refractivity contribution in [2.45, 2.75) is 0 Å². The highest BCUT2D eigenvalue weighted by molar-refractivity contribution is 5.92. The summed E-state index contributed by atoms with van der Waals surface area (Å²) in [4.78, 5) is 26.6. The quantitative estimate of drug-likeness (QED) is 0.686. The molecule has 8 heteroatoms. The lowest BCUT2D eigenvalue weighted by molar-refractivity contribution is 0.0990. The van der Waals surface area contributed by atoms with E-state index in [0.717, 1.165) is 0 Å². The highest BCUT2D eigenvalue weighted by atomic mass is 16.1. The second-order valence-electron chi connectivity index (χ2n) is 3.88. The third kappa shape index (κ3) is 2.21. The molecule has 3 rings (SSSR count). The molecule has 3 heterocycles. The molecule has 3 aromatic rings. The number of nitrogens with one attached hydrogen (secondary N) is 1. The molecule has 98 valence electrons. The number of nitrogens with two attached hydrogens (primary N) is 1. The van der Waals surface area contributed by atoms with Gasteiger partial charge in [-0.2, -0.15) is 0 Å². The molecule has 3 aromatic heterocycles. The minimum atomic E-state index is -0.541. The van der Waals surface area contributed by atoms with Gasteiger partial charge in [0.1, 0.15) is 22.5 Å². The summed E-state index contributed by atoms with van der Waals surface area (Å²) in [5.74, 6) is 0.113. The van der Waals surface area contributed by atoms with E-state index in [1.807, 2.05) is 0 Å². The topological polar surface area (TPSA) is 122 Å². The van der Waals surface area contributed by atoms with E-state index in [9.17, 15) is 4.79 Å². The van der Waals surface area contributed by atoms with Crippen molar-refractivity contribution >= 4 is 28.6 Å². The third-order valence-corrected chi connectivity index (χ3v) is 2.53. The first kappa shape index (κ1) is 11.9. The Labute approximate surface area is 112 Å². The number of carbonyl (C=O) groups excluding carboxylic acids is 1. The van der Waals surface area contributed by atoms with Crippen LogP contribution < -0.4 is 5.73 Å². The number of rotatable bonds is 2. The lowest BCUT2D eigenvalue weighted by Gasteiger charge is -1.93. The fourth-order valence-electron chi connectivity index (χ4n) is 1.60. The predicted octanol–water partition coefficient (Wildman–Crippen LogP) is 1.86. The largest absolute Gasteiger partial charge is 0.383 e. The summed E-state index contributed by atoms with van der Waals surface area (Å²) < 4.78 is 0. The van der Waals surface area contributed by atoms with E-state index in [1.165, 1.54) is 12.4 Å². The van der Waals surface area contributed by atoms with Crippen LogP contribution in [0.15, 0.2) is 47.0 Å². The monoisotopic (exact) mass is 267 g/mol. The number of carbonyl (C=O) groups is 1. The molecule has 20 heavy (non-hydrogen) atoms. The Bertz CT molecular complexity index is 794. The van der Waals surface area contributed by atoms with Crippen molar-refractivity contribution in [3.05, 3.63) is 42.5 Å². The van der Waals surface area contributed by atoms with Crippen LogP contribution in [0, 0.1) is 0 Å². The number of azo groups is 1. The summed E-state index contributed by atoms with van der Waals surface area (Å²) in [6.45, 7) is 0. The number of hydrogen-bond donors (Lipinski definition) is 2. The number of anilines is 1. The van der Waals surface area contributed by atoms with Gasteiger partial charge < -0.3 is 10.7 Å². The van der Waals surface area contributed by atoms with Crippen LogP contribution in [0.25, 0.3) is 11.0 Å². The van der Waals surface area contributed by atoms with Crippen LogP contribution in [-0.4, -0.2) is 25.8 Å². The molecule has 0 radical (unpaired) electrons. The zero-order chi connectivity index (χ0) is 13.9. The van der Waals surface area contributed by atoms with Gasteiger partial charge in [-0.15, -0.1) is 10.2 Å². The molecule has 0 aromatic carbocycles. The van der Waals surface area contributed by atoms with E-state index in [2.05, 4.69) is 30.2 Å². The number of amides is 1. The Morgan fingerprint density at radius 1 is 1.30 bits per heavy atom. The number of nitrogens with zero attached hydrogens (tertiary/aromatic N) is 5. The Kier molecular flexibility index (Phi) is 2.88. The van der Waals surface area contributed by atoms with Crippen molar-refractivity contribution in [3.8, 4) is 0 Å². The van der Waals surface area contributed by atoms with Gasteiger partial charge in [0.2, 0.25) is 0 Å². The molecular formula is C12H9N7O. The standard InChI is InChI=1S/C12H9N7O/c13-11-10-8(5-16-11)17-9(6-15-10)18-19-12(20)7-3-1-2-4-14-7/h1-6,16H,13H2. The van der Waals surface area contributed by atoms with Crippen LogP contribution in [-0.2, 0) is 0 Å². The minimum Gasteiger partial charge on any atom is -0.383 e. The molecule has 0 saturated carbocycles. The Morgan fingerprint density at radius 3 is 3.00 bits per heavy atom. The lowest BCUT2D eigenvalue weighted by atomic mass is 10.3. The maximum Gasteiger partial charge on any atom is 0.313 e. The van der Waals surface area contributed by atoms with E-state index < -0.39 is 5.91 Å². The highest BCUT2D eigenvalue weighted by Gasteiger charge is 2.06. The molecule has 0 unspecified atom stereocenters. The molecule has 1 amide bonds.